The zero-order valence-corrected chi connectivity index (χ0v) is 9.04. The molecule has 0 aromatic heterocycles. The van der Waals surface area contributed by atoms with Crippen molar-refractivity contribution in [3.05, 3.63) is 35.6 Å². The van der Waals surface area contributed by atoms with Crippen molar-refractivity contribution in [1.29, 1.82) is 0 Å². The summed E-state index contributed by atoms with van der Waals surface area (Å²) in [5.74, 6) is -0.142. The lowest BCUT2D eigenvalue weighted by atomic mass is 9.72. The molecule has 82 valence electrons. The fourth-order valence-corrected chi connectivity index (χ4v) is 2.54. The summed E-state index contributed by atoms with van der Waals surface area (Å²) in [6.07, 6.45) is 3.77. The van der Waals surface area contributed by atoms with Gasteiger partial charge in [-0.15, -0.1) is 0 Å². The van der Waals surface area contributed by atoms with Crippen LogP contribution in [-0.2, 0) is 5.60 Å². The van der Waals surface area contributed by atoms with Gasteiger partial charge in [0.05, 0.1) is 5.60 Å². The normalized spacial score (nSPS) is 31.5. The average Bonchev–Trinajstić information content (AvgIpc) is 2.23. The Morgan fingerprint density at radius 2 is 2.07 bits per heavy atom. The maximum Gasteiger partial charge on any atom is 0.129 e. The molecule has 0 heterocycles. The van der Waals surface area contributed by atoms with Gasteiger partial charge in [-0.05, 0) is 24.8 Å². The SMILES string of the molecule is C[C@@H]1CCCC[C@]1(O)c1ccccc1F. The van der Waals surface area contributed by atoms with Crippen LogP contribution in [0.25, 0.3) is 0 Å². The van der Waals surface area contributed by atoms with E-state index in [9.17, 15) is 9.50 Å². The van der Waals surface area contributed by atoms with E-state index in [1.807, 2.05) is 6.92 Å². The molecule has 1 aliphatic carbocycles. The van der Waals surface area contributed by atoms with E-state index in [1.165, 1.54) is 6.07 Å². The predicted octanol–water partition coefficient (Wildman–Crippen LogP) is 3.22. The molecule has 2 heteroatoms. The minimum absolute atomic E-state index is 0.142. The molecule has 1 aromatic rings. The van der Waals surface area contributed by atoms with Gasteiger partial charge in [-0.3, -0.25) is 0 Å². The van der Waals surface area contributed by atoms with Gasteiger partial charge in [-0.2, -0.15) is 0 Å². The first-order chi connectivity index (χ1) is 7.14. The molecule has 2 atom stereocenters. The summed E-state index contributed by atoms with van der Waals surface area (Å²) in [5.41, 5.74) is -0.485. The van der Waals surface area contributed by atoms with E-state index in [-0.39, 0.29) is 11.7 Å². The van der Waals surface area contributed by atoms with Crippen LogP contribution in [-0.4, -0.2) is 5.11 Å². The molecule has 0 radical (unpaired) electrons. The number of hydrogen-bond donors (Lipinski definition) is 1. The van der Waals surface area contributed by atoms with Gasteiger partial charge in [-0.25, -0.2) is 4.39 Å². The molecular weight excluding hydrogens is 191 g/mol. The summed E-state index contributed by atoms with van der Waals surface area (Å²) in [6.45, 7) is 2.01. The zero-order valence-electron chi connectivity index (χ0n) is 9.04. The van der Waals surface area contributed by atoms with Crippen molar-refractivity contribution < 1.29 is 9.50 Å². The molecule has 0 spiro atoms. The van der Waals surface area contributed by atoms with Crippen molar-refractivity contribution in [3.63, 3.8) is 0 Å². The van der Waals surface area contributed by atoms with Gasteiger partial charge in [0, 0.05) is 5.56 Å². The van der Waals surface area contributed by atoms with Crippen LogP contribution in [0.15, 0.2) is 24.3 Å². The first kappa shape index (κ1) is 10.6. The molecule has 1 saturated carbocycles. The lowest BCUT2D eigenvalue weighted by Gasteiger charge is -2.38. The summed E-state index contributed by atoms with van der Waals surface area (Å²) < 4.78 is 13.6. The van der Waals surface area contributed by atoms with Gasteiger partial charge in [0.1, 0.15) is 5.82 Å². The lowest BCUT2D eigenvalue weighted by Crippen LogP contribution is -2.37. The van der Waals surface area contributed by atoms with E-state index >= 15 is 0 Å². The highest BCUT2D eigenvalue weighted by Crippen LogP contribution is 2.42. The van der Waals surface area contributed by atoms with Crippen LogP contribution in [0.3, 0.4) is 0 Å². The molecular formula is C13H17FO. The molecule has 0 bridgehead atoms. The second-order valence-corrected chi connectivity index (χ2v) is 4.55. The summed E-state index contributed by atoms with van der Waals surface area (Å²) in [7, 11) is 0. The predicted molar refractivity (Wildman–Crippen MR) is 57.9 cm³/mol. The topological polar surface area (TPSA) is 20.2 Å². The minimum atomic E-state index is -0.955. The molecule has 1 aliphatic rings. The third kappa shape index (κ3) is 1.78. The van der Waals surface area contributed by atoms with E-state index in [0.717, 1.165) is 19.3 Å². The molecule has 1 aromatic carbocycles. The Morgan fingerprint density at radius 3 is 2.73 bits per heavy atom. The van der Waals surface area contributed by atoms with E-state index in [4.69, 9.17) is 0 Å². The van der Waals surface area contributed by atoms with E-state index in [0.29, 0.717) is 12.0 Å². The van der Waals surface area contributed by atoms with Crippen molar-refractivity contribution in [2.45, 2.75) is 38.2 Å². The molecule has 0 amide bonds. The van der Waals surface area contributed by atoms with E-state index < -0.39 is 5.60 Å². The maximum atomic E-state index is 13.6. The Labute approximate surface area is 89.9 Å². The minimum Gasteiger partial charge on any atom is -0.385 e. The van der Waals surface area contributed by atoms with Crippen LogP contribution in [0.4, 0.5) is 4.39 Å². The van der Waals surface area contributed by atoms with Gasteiger partial charge in [0.15, 0.2) is 0 Å². The van der Waals surface area contributed by atoms with Crippen LogP contribution in [0, 0.1) is 11.7 Å². The molecule has 0 aliphatic heterocycles. The van der Waals surface area contributed by atoms with Crippen molar-refractivity contribution in [2.75, 3.05) is 0 Å². The first-order valence-electron chi connectivity index (χ1n) is 5.62. The Hall–Kier alpha value is -0.890. The molecule has 15 heavy (non-hydrogen) atoms. The fourth-order valence-electron chi connectivity index (χ4n) is 2.54. The van der Waals surface area contributed by atoms with Crippen LogP contribution < -0.4 is 0 Å². The molecule has 0 unspecified atom stereocenters. The summed E-state index contributed by atoms with van der Waals surface area (Å²) in [5, 5.41) is 10.6. The highest BCUT2D eigenvalue weighted by Gasteiger charge is 2.39. The summed E-state index contributed by atoms with van der Waals surface area (Å²) in [4.78, 5) is 0. The molecule has 2 rings (SSSR count). The maximum absolute atomic E-state index is 13.6. The number of halogens is 1. The van der Waals surface area contributed by atoms with Crippen LogP contribution in [0.1, 0.15) is 38.2 Å². The highest BCUT2D eigenvalue weighted by atomic mass is 19.1. The fraction of sp³-hybridized carbons (Fsp3) is 0.538. The van der Waals surface area contributed by atoms with Crippen LogP contribution in [0.2, 0.25) is 0 Å². The second kappa shape index (κ2) is 3.93. The van der Waals surface area contributed by atoms with Crippen molar-refractivity contribution in [1.82, 2.24) is 0 Å². The van der Waals surface area contributed by atoms with E-state index in [2.05, 4.69) is 0 Å². The van der Waals surface area contributed by atoms with Gasteiger partial charge >= 0.3 is 0 Å². The monoisotopic (exact) mass is 208 g/mol. The summed E-state index contributed by atoms with van der Waals surface area (Å²) in [6, 6.07) is 6.58. The van der Waals surface area contributed by atoms with Gasteiger partial charge in [0.2, 0.25) is 0 Å². The van der Waals surface area contributed by atoms with Crippen molar-refractivity contribution in [3.8, 4) is 0 Å². The molecule has 1 N–H and O–H groups in total. The van der Waals surface area contributed by atoms with Crippen LogP contribution in [0.5, 0.6) is 0 Å². The third-order valence-corrected chi connectivity index (χ3v) is 3.60. The Kier molecular flexibility index (Phi) is 2.79. The largest absolute Gasteiger partial charge is 0.385 e. The number of hydrogen-bond acceptors (Lipinski definition) is 1. The number of aliphatic hydroxyl groups is 1. The van der Waals surface area contributed by atoms with Gasteiger partial charge < -0.3 is 5.11 Å². The summed E-state index contributed by atoms with van der Waals surface area (Å²) >= 11 is 0. The standard InChI is InChI=1S/C13H17FO/c1-10-6-4-5-9-13(10,15)11-7-2-3-8-12(11)14/h2-3,7-8,10,15H,4-6,9H2,1H3/t10-,13-/m1/s1. The lowest BCUT2D eigenvalue weighted by molar-refractivity contribution is -0.0496. The first-order valence-corrected chi connectivity index (χ1v) is 5.62. The quantitative estimate of drug-likeness (QED) is 0.751. The second-order valence-electron chi connectivity index (χ2n) is 4.55. The molecule has 0 saturated heterocycles. The van der Waals surface area contributed by atoms with Crippen molar-refractivity contribution in [2.24, 2.45) is 5.92 Å². The van der Waals surface area contributed by atoms with Crippen LogP contribution >= 0.6 is 0 Å². The van der Waals surface area contributed by atoms with Gasteiger partial charge in [0.25, 0.3) is 0 Å². The van der Waals surface area contributed by atoms with Gasteiger partial charge in [-0.1, -0.05) is 38.0 Å². The molecule has 1 nitrogen and oxygen atoms in total. The Bertz CT molecular complexity index is 350. The highest BCUT2D eigenvalue weighted by molar-refractivity contribution is 5.25. The Morgan fingerprint density at radius 1 is 1.33 bits per heavy atom. The Balaban J connectivity index is 2.39. The van der Waals surface area contributed by atoms with E-state index in [1.54, 1.807) is 18.2 Å². The zero-order chi connectivity index (χ0) is 10.9. The number of rotatable bonds is 1. The average molecular weight is 208 g/mol. The molecule has 1 fully saturated rings. The third-order valence-electron chi connectivity index (χ3n) is 3.60. The van der Waals surface area contributed by atoms with Crippen molar-refractivity contribution >= 4 is 0 Å². The number of benzene rings is 1. The smallest absolute Gasteiger partial charge is 0.129 e.